The van der Waals surface area contributed by atoms with Crippen molar-refractivity contribution in [2.24, 2.45) is 11.1 Å². The third-order valence-corrected chi connectivity index (χ3v) is 6.86. The summed E-state index contributed by atoms with van der Waals surface area (Å²) in [5.74, 6) is 0.113. The number of sulfonamides is 1. The lowest BCUT2D eigenvalue weighted by molar-refractivity contribution is -0.137. The monoisotopic (exact) mass is 470 g/mol. The van der Waals surface area contributed by atoms with Gasteiger partial charge in [-0.2, -0.15) is 0 Å². The molecule has 3 rings (SSSR count). The van der Waals surface area contributed by atoms with Gasteiger partial charge in [-0.1, -0.05) is 6.07 Å². The van der Waals surface area contributed by atoms with E-state index in [1.807, 2.05) is 32.6 Å². The molecule has 3 heterocycles. The van der Waals surface area contributed by atoms with Gasteiger partial charge in [-0.3, -0.25) is 0 Å². The molecule has 3 N–H and O–H groups in total. The summed E-state index contributed by atoms with van der Waals surface area (Å²) in [4.78, 5) is 19.3. The Kier molecular flexibility index (Phi) is 7.04. The van der Waals surface area contributed by atoms with Gasteiger partial charge in [-0.05, 0) is 65.0 Å². The lowest BCUT2D eigenvalue weighted by Crippen LogP contribution is -2.41. The molecule has 2 atom stereocenters. The third kappa shape index (κ3) is 6.09. The zero-order valence-electron chi connectivity index (χ0n) is 19.2. The van der Waals surface area contributed by atoms with Crippen LogP contribution in [0.25, 0.3) is 0 Å². The van der Waals surface area contributed by atoms with Gasteiger partial charge in [0.15, 0.2) is 10.8 Å². The van der Waals surface area contributed by atoms with E-state index in [2.05, 4.69) is 4.98 Å². The summed E-state index contributed by atoms with van der Waals surface area (Å²) in [6.45, 7) is 9.68. The first-order valence-electron chi connectivity index (χ1n) is 10.8. The van der Waals surface area contributed by atoms with Gasteiger partial charge < -0.3 is 24.4 Å². The number of rotatable bonds is 8. The molecule has 0 aliphatic carbocycles. The predicted molar refractivity (Wildman–Crippen MR) is 119 cm³/mol. The molecule has 0 radical (unpaired) electrons. The molecule has 32 heavy (non-hydrogen) atoms. The first-order valence-corrected chi connectivity index (χ1v) is 12.4. The highest BCUT2D eigenvalue weighted by molar-refractivity contribution is 7.89. The number of aromatic nitrogens is 1. The summed E-state index contributed by atoms with van der Waals surface area (Å²) in [6, 6.07) is 4.74. The number of nitrogens with zero attached hydrogens (tertiary/aromatic N) is 3. The molecule has 0 saturated carbocycles. The number of carboxylic acid groups (broad SMARTS) is 1. The predicted octanol–water partition coefficient (Wildman–Crippen LogP) is 2.25. The second kappa shape index (κ2) is 9.12. The van der Waals surface area contributed by atoms with Crippen molar-refractivity contribution in [3.63, 3.8) is 0 Å². The molecular formula is C21H34N4O6S. The molecule has 0 aromatic carbocycles. The molecule has 1 aromatic heterocycles. The van der Waals surface area contributed by atoms with Crippen molar-refractivity contribution in [3.8, 4) is 0 Å². The second-order valence-corrected chi connectivity index (χ2v) is 11.2. The van der Waals surface area contributed by atoms with Gasteiger partial charge in [0, 0.05) is 25.2 Å². The Bertz CT molecular complexity index is 936. The molecule has 11 heteroatoms. The smallest absolute Gasteiger partial charge is 0.407 e. The molecule has 1 amide bonds. The Morgan fingerprint density at radius 2 is 2.06 bits per heavy atom. The quantitative estimate of drug-likeness (QED) is 0.590. The number of anilines is 1. The standard InChI is InChI=1S/C21H34N4O6S/c1-20(2)11-15(12-25(20)19(26)27)7-6-10-24(13-16-14-30-21(3,4)31-16)17-8-5-9-18(23-17)32(22,28)29/h5,8-9,15-16H,6-7,10-14H2,1-4H3,(H,26,27)(H2,22,28,29)/t15-,16?/m0/s1. The van der Waals surface area contributed by atoms with Crippen LogP contribution in [0.5, 0.6) is 0 Å². The lowest BCUT2D eigenvalue weighted by Gasteiger charge is -2.28. The van der Waals surface area contributed by atoms with E-state index in [1.54, 1.807) is 12.1 Å². The minimum absolute atomic E-state index is 0.182. The number of ether oxygens (including phenoxy) is 2. The van der Waals surface area contributed by atoms with E-state index in [4.69, 9.17) is 14.6 Å². The van der Waals surface area contributed by atoms with Gasteiger partial charge in [0.25, 0.3) is 10.0 Å². The number of amides is 1. The highest BCUT2D eigenvalue weighted by atomic mass is 32.2. The van der Waals surface area contributed by atoms with Gasteiger partial charge >= 0.3 is 6.09 Å². The van der Waals surface area contributed by atoms with E-state index in [-0.39, 0.29) is 22.6 Å². The molecule has 2 aliphatic rings. The van der Waals surface area contributed by atoms with Crippen LogP contribution in [0.2, 0.25) is 0 Å². The number of hydrogen-bond acceptors (Lipinski definition) is 7. The van der Waals surface area contributed by atoms with Crippen LogP contribution in [-0.4, -0.2) is 73.2 Å². The summed E-state index contributed by atoms with van der Waals surface area (Å²) in [5, 5.41) is 14.5. The first kappa shape index (κ1) is 24.7. The molecule has 1 unspecified atom stereocenters. The van der Waals surface area contributed by atoms with E-state index in [9.17, 15) is 18.3 Å². The van der Waals surface area contributed by atoms with E-state index in [0.29, 0.717) is 32.1 Å². The van der Waals surface area contributed by atoms with Gasteiger partial charge in [0.05, 0.1) is 6.61 Å². The first-order chi connectivity index (χ1) is 14.8. The Balaban J connectivity index is 1.69. The minimum atomic E-state index is -3.92. The molecule has 180 valence electrons. The fourth-order valence-corrected chi connectivity index (χ4v) is 5.11. The van der Waals surface area contributed by atoms with Crippen molar-refractivity contribution in [1.82, 2.24) is 9.88 Å². The van der Waals surface area contributed by atoms with Crippen molar-refractivity contribution in [2.75, 3.05) is 31.1 Å². The highest BCUT2D eigenvalue weighted by Crippen LogP contribution is 2.35. The Hall–Kier alpha value is -1.95. The van der Waals surface area contributed by atoms with Crippen LogP contribution in [0, 0.1) is 5.92 Å². The van der Waals surface area contributed by atoms with Crippen LogP contribution in [0.15, 0.2) is 23.2 Å². The summed E-state index contributed by atoms with van der Waals surface area (Å²) in [5.41, 5.74) is -0.373. The zero-order chi connectivity index (χ0) is 23.7. The molecular weight excluding hydrogens is 436 g/mol. The molecule has 10 nitrogen and oxygen atoms in total. The van der Waals surface area contributed by atoms with Crippen LogP contribution in [0.4, 0.5) is 10.6 Å². The van der Waals surface area contributed by atoms with Crippen molar-refractivity contribution in [3.05, 3.63) is 18.2 Å². The topological polar surface area (TPSA) is 135 Å². The second-order valence-electron chi connectivity index (χ2n) is 9.69. The maximum atomic E-state index is 11.8. The van der Waals surface area contributed by atoms with E-state index in [0.717, 1.165) is 19.3 Å². The van der Waals surface area contributed by atoms with E-state index in [1.165, 1.54) is 11.0 Å². The molecule has 2 saturated heterocycles. The number of hydrogen-bond donors (Lipinski definition) is 2. The average Bonchev–Trinajstić information content (AvgIpc) is 3.17. The van der Waals surface area contributed by atoms with Gasteiger partial charge in [-0.15, -0.1) is 0 Å². The van der Waals surface area contributed by atoms with Gasteiger partial charge in [0.2, 0.25) is 0 Å². The van der Waals surface area contributed by atoms with Crippen LogP contribution < -0.4 is 10.0 Å². The fourth-order valence-electron chi connectivity index (χ4n) is 4.62. The van der Waals surface area contributed by atoms with Crippen molar-refractivity contribution in [2.45, 2.75) is 69.4 Å². The number of nitrogens with two attached hydrogens (primary N) is 1. The number of carbonyl (C=O) groups is 1. The number of pyridine rings is 1. The fraction of sp³-hybridized carbons (Fsp3) is 0.714. The Morgan fingerprint density at radius 3 is 2.62 bits per heavy atom. The van der Waals surface area contributed by atoms with Crippen molar-refractivity contribution in [1.29, 1.82) is 0 Å². The Morgan fingerprint density at radius 1 is 1.34 bits per heavy atom. The maximum absolute atomic E-state index is 11.8. The van der Waals surface area contributed by atoms with Crippen LogP contribution >= 0.6 is 0 Å². The van der Waals surface area contributed by atoms with Crippen molar-refractivity contribution < 1.29 is 27.8 Å². The van der Waals surface area contributed by atoms with Crippen LogP contribution in [0.1, 0.15) is 47.0 Å². The SMILES string of the molecule is CC1(C)OCC(CN(CCC[C@@H]2CN(C(=O)O)C(C)(C)C2)c2cccc(S(N)(=O)=O)n2)O1. The summed E-state index contributed by atoms with van der Waals surface area (Å²) in [7, 11) is -3.92. The molecule has 0 bridgehead atoms. The highest BCUT2D eigenvalue weighted by Gasteiger charge is 2.41. The summed E-state index contributed by atoms with van der Waals surface area (Å²) in [6.07, 6.45) is 1.40. The van der Waals surface area contributed by atoms with Gasteiger partial charge in [0.1, 0.15) is 11.9 Å². The van der Waals surface area contributed by atoms with Crippen LogP contribution in [-0.2, 0) is 19.5 Å². The number of primary sulfonamides is 1. The Labute approximate surface area is 189 Å². The number of likely N-dealkylation sites (tertiary alicyclic amines) is 1. The molecule has 2 fully saturated rings. The van der Waals surface area contributed by atoms with E-state index >= 15 is 0 Å². The molecule has 1 aromatic rings. The van der Waals surface area contributed by atoms with E-state index < -0.39 is 21.9 Å². The molecule has 2 aliphatic heterocycles. The normalized spacial score (nSPS) is 24.6. The van der Waals surface area contributed by atoms with Crippen molar-refractivity contribution >= 4 is 21.9 Å². The van der Waals surface area contributed by atoms with Crippen LogP contribution in [0.3, 0.4) is 0 Å². The summed E-state index contributed by atoms with van der Waals surface area (Å²) >= 11 is 0. The summed E-state index contributed by atoms with van der Waals surface area (Å²) < 4.78 is 35.1. The minimum Gasteiger partial charge on any atom is -0.465 e. The molecule has 0 spiro atoms. The van der Waals surface area contributed by atoms with Gasteiger partial charge in [-0.25, -0.2) is 23.3 Å². The lowest BCUT2D eigenvalue weighted by atomic mass is 9.93. The zero-order valence-corrected chi connectivity index (χ0v) is 20.0. The maximum Gasteiger partial charge on any atom is 0.407 e. The third-order valence-electron chi connectivity index (χ3n) is 6.05. The average molecular weight is 471 g/mol. The largest absolute Gasteiger partial charge is 0.465 e.